The fraction of sp³-hybridized carbons (Fsp3) is 0.353. The number of aliphatic hydroxyl groups excluding tert-OH is 1. The topological polar surface area (TPSA) is 106 Å². The number of rotatable bonds is 5. The summed E-state index contributed by atoms with van der Waals surface area (Å²) in [7, 11) is 0. The molecule has 24 heavy (non-hydrogen) atoms. The van der Waals surface area contributed by atoms with Crippen LogP contribution in [0.25, 0.3) is 0 Å². The maximum atomic E-state index is 12.1. The van der Waals surface area contributed by atoms with Gasteiger partial charge in [0, 0.05) is 18.7 Å². The third kappa shape index (κ3) is 2.90. The first kappa shape index (κ1) is 16.2. The van der Waals surface area contributed by atoms with Crippen LogP contribution in [0.4, 0.5) is 5.95 Å². The molecule has 0 radical (unpaired) electrons. The van der Waals surface area contributed by atoms with Gasteiger partial charge in [0.15, 0.2) is 5.82 Å². The molecule has 7 nitrogen and oxygen atoms in total. The minimum absolute atomic E-state index is 0.0857. The van der Waals surface area contributed by atoms with Gasteiger partial charge in [0.25, 0.3) is 0 Å². The van der Waals surface area contributed by atoms with Gasteiger partial charge >= 0.3 is 0 Å². The second kappa shape index (κ2) is 6.45. The second-order valence-corrected chi connectivity index (χ2v) is 5.97. The summed E-state index contributed by atoms with van der Waals surface area (Å²) in [6.45, 7) is 3.90. The first-order chi connectivity index (χ1) is 11.5. The number of nitrogens with zero attached hydrogens (tertiary/aromatic N) is 3. The van der Waals surface area contributed by atoms with Gasteiger partial charge in [-0.1, -0.05) is 29.8 Å². The maximum Gasteiger partial charge on any atom is 0.248 e. The number of aryl methyl sites for hydroxylation is 2. The zero-order valence-corrected chi connectivity index (χ0v) is 13.8. The summed E-state index contributed by atoms with van der Waals surface area (Å²) in [6.07, 6.45) is 1.16. The Bertz CT molecular complexity index is 809. The Morgan fingerprint density at radius 3 is 2.88 bits per heavy atom. The van der Waals surface area contributed by atoms with Crippen LogP contribution < -0.4 is 11.1 Å². The van der Waals surface area contributed by atoms with Gasteiger partial charge in [0.05, 0.1) is 5.57 Å². The van der Waals surface area contributed by atoms with E-state index in [9.17, 15) is 4.79 Å². The number of hydrogen-bond donors (Lipinski definition) is 3. The first-order valence-electron chi connectivity index (χ1n) is 7.91. The molecular weight excluding hydrogens is 306 g/mol. The molecule has 0 saturated carbocycles. The number of aliphatic hydroxyl groups is 1. The van der Waals surface area contributed by atoms with Gasteiger partial charge in [-0.3, -0.25) is 4.79 Å². The van der Waals surface area contributed by atoms with Crippen LogP contribution in [0.5, 0.6) is 0 Å². The number of amides is 1. The normalized spacial score (nSPS) is 16.7. The van der Waals surface area contributed by atoms with Crippen molar-refractivity contribution in [3.8, 4) is 0 Å². The zero-order valence-electron chi connectivity index (χ0n) is 13.8. The number of allylic oxidation sites excluding steroid dienone is 1. The van der Waals surface area contributed by atoms with Gasteiger partial charge in [-0.05, 0) is 25.8 Å². The third-order valence-corrected chi connectivity index (χ3v) is 4.08. The minimum atomic E-state index is -0.482. The number of aromatic nitrogens is 3. The van der Waals surface area contributed by atoms with Crippen molar-refractivity contribution in [3.05, 3.63) is 52.5 Å². The van der Waals surface area contributed by atoms with Crippen molar-refractivity contribution in [1.29, 1.82) is 0 Å². The lowest BCUT2D eigenvalue weighted by atomic mass is 9.94. The van der Waals surface area contributed by atoms with Gasteiger partial charge in [-0.25, -0.2) is 4.68 Å². The Morgan fingerprint density at radius 2 is 2.21 bits per heavy atom. The Kier molecular flexibility index (Phi) is 4.35. The number of primary amides is 1. The standard InChI is InChI=1S/C17H21N5O2/c1-10-5-3-6-12(9-10)15-14(16(18)24)11(2)19-17-20-13(7-4-8-23)21-22(15)17/h3,5-6,9,15,23H,4,7-8H2,1-2H3,(H2,18,24)(H,19,20,21)/t15-/m0/s1. The summed E-state index contributed by atoms with van der Waals surface area (Å²) in [4.78, 5) is 16.5. The van der Waals surface area contributed by atoms with Crippen LogP contribution in [0.1, 0.15) is 36.3 Å². The van der Waals surface area contributed by atoms with Gasteiger partial charge in [0.2, 0.25) is 11.9 Å². The maximum absolute atomic E-state index is 12.1. The molecule has 1 aliphatic rings. The molecule has 0 saturated heterocycles. The summed E-state index contributed by atoms with van der Waals surface area (Å²) in [5.41, 5.74) is 8.82. The van der Waals surface area contributed by atoms with E-state index in [-0.39, 0.29) is 6.61 Å². The third-order valence-electron chi connectivity index (χ3n) is 4.08. The highest BCUT2D eigenvalue weighted by molar-refractivity contribution is 5.95. The summed E-state index contributed by atoms with van der Waals surface area (Å²) in [5.74, 6) is 0.726. The van der Waals surface area contributed by atoms with E-state index >= 15 is 0 Å². The Labute approximate surface area is 140 Å². The number of carbonyl (C=O) groups is 1. The molecule has 2 heterocycles. The second-order valence-electron chi connectivity index (χ2n) is 5.97. The highest BCUT2D eigenvalue weighted by atomic mass is 16.3. The number of hydrogen-bond acceptors (Lipinski definition) is 5. The first-order valence-corrected chi connectivity index (χ1v) is 7.91. The van der Waals surface area contributed by atoms with Crippen molar-refractivity contribution in [2.75, 3.05) is 11.9 Å². The molecule has 7 heteroatoms. The predicted molar refractivity (Wildman–Crippen MR) is 90.3 cm³/mol. The van der Waals surface area contributed by atoms with Gasteiger partial charge < -0.3 is 16.2 Å². The van der Waals surface area contributed by atoms with Crippen molar-refractivity contribution in [2.45, 2.75) is 32.7 Å². The van der Waals surface area contributed by atoms with Gasteiger partial charge in [0.1, 0.15) is 6.04 Å². The molecule has 1 aliphatic heterocycles. The highest BCUT2D eigenvalue weighted by Gasteiger charge is 2.33. The molecule has 3 rings (SSSR count). The fourth-order valence-corrected chi connectivity index (χ4v) is 3.01. The van der Waals surface area contributed by atoms with Gasteiger partial charge in [-0.15, -0.1) is 0 Å². The number of carbonyl (C=O) groups excluding carboxylic acids is 1. The molecule has 0 aliphatic carbocycles. The number of fused-ring (bicyclic) bond motifs is 1. The lowest BCUT2D eigenvalue weighted by Gasteiger charge is -2.27. The lowest BCUT2D eigenvalue weighted by Crippen LogP contribution is -2.31. The number of benzene rings is 1. The number of nitrogens with one attached hydrogen (secondary N) is 1. The minimum Gasteiger partial charge on any atom is -0.396 e. The van der Waals surface area contributed by atoms with Crippen molar-refractivity contribution in [1.82, 2.24) is 14.8 Å². The van der Waals surface area contributed by atoms with E-state index in [2.05, 4.69) is 15.4 Å². The van der Waals surface area contributed by atoms with Crippen LogP contribution in [-0.2, 0) is 11.2 Å². The summed E-state index contributed by atoms with van der Waals surface area (Å²) in [5, 5.41) is 16.6. The monoisotopic (exact) mass is 327 g/mol. The van der Waals surface area contributed by atoms with E-state index in [0.29, 0.717) is 35.9 Å². The molecule has 1 aromatic carbocycles. The van der Waals surface area contributed by atoms with Crippen LogP contribution in [0.3, 0.4) is 0 Å². The quantitative estimate of drug-likeness (QED) is 0.767. The van der Waals surface area contributed by atoms with Gasteiger partial charge in [-0.2, -0.15) is 10.1 Å². The van der Waals surface area contributed by atoms with Crippen molar-refractivity contribution >= 4 is 11.9 Å². The predicted octanol–water partition coefficient (Wildman–Crippen LogP) is 1.29. The molecule has 1 amide bonds. The molecule has 126 valence electrons. The van der Waals surface area contributed by atoms with E-state index < -0.39 is 11.9 Å². The highest BCUT2D eigenvalue weighted by Crippen LogP contribution is 2.35. The molecule has 1 atom stereocenters. The average Bonchev–Trinajstić information content (AvgIpc) is 2.93. The van der Waals surface area contributed by atoms with Crippen molar-refractivity contribution < 1.29 is 9.90 Å². The number of nitrogens with two attached hydrogens (primary N) is 1. The fourth-order valence-electron chi connectivity index (χ4n) is 3.01. The zero-order chi connectivity index (χ0) is 17.3. The molecule has 0 fully saturated rings. The van der Waals surface area contributed by atoms with Crippen molar-refractivity contribution in [2.24, 2.45) is 5.73 Å². The van der Waals surface area contributed by atoms with E-state index in [1.807, 2.05) is 38.1 Å². The molecule has 0 spiro atoms. The molecule has 0 unspecified atom stereocenters. The van der Waals surface area contributed by atoms with Crippen LogP contribution in [-0.4, -0.2) is 32.4 Å². The summed E-state index contributed by atoms with van der Waals surface area (Å²) < 4.78 is 1.70. The van der Waals surface area contributed by atoms with Crippen LogP contribution in [0.15, 0.2) is 35.5 Å². The van der Waals surface area contributed by atoms with Crippen molar-refractivity contribution in [3.63, 3.8) is 0 Å². The smallest absolute Gasteiger partial charge is 0.248 e. The molecule has 4 N–H and O–H groups in total. The molecule has 1 aromatic heterocycles. The summed E-state index contributed by atoms with van der Waals surface area (Å²) in [6, 6.07) is 7.52. The Morgan fingerprint density at radius 1 is 1.42 bits per heavy atom. The summed E-state index contributed by atoms with van der Waals surface area (Å²) >= 11 is 0. The molecule has 2 aromatic rings. The van der Waals surface area contributed by atoms with E-state index in [1.54, 1.807) is 4.68 Å². The van der Waals surface area contributed by atoms with E-state index in [4.69, 9.17) is 10.8 Å². The Balaban J connectivity index is 2.11. The largest absolute Gasteiger partial charge is 0.396 e. The van der Waals surface area contributed by atoms with Crippen LogP contribution in [0.2, 0.25) is 0 Å². The Hall–Kier alpha value is -2.67. The van der Waals surface area contributed by atoms with Crippen LogP contribution in [0, 0.1) is 6.92 Å². The molecule has 0 bridgehead atoms. The average molecular weight is 327 g/mol. The molecular formula is C17H21N5O2. The SMILES string of the molecule is CC1=C(C(N)=O)[C@H](c2cccc(C)c2)n2nc(CCCO)nc2N1. The van der Waals surface area contributed by atoms with E-state index in [1.165, 1.54) is 0 Å². The number of anilines is 1. The van der Waals surface area contributed by atoms with Crippen LogP contribution >= 0.6 is 0 Å². The van der Waals surface area contributed by atoms with E-state index in [0.717, 1.165) is 11.1 Å². The lowest BCUT2D eigenvalue weighted by molar-refractivity contribution is -0.115.